The van der Waals surface area contributed by atoms with E-state index in [-0.39, 0.29) is 18.6 Å². The third-order valence-electron chi connectivity index (χ3n) is 4.26. The van der Waals surface area contributed by atoms with E-state index >= 15 is 0 Å². The highest BCUT2D eigenvalue weighted by molar-refractivity contribution is 5.03. The number of aromatic nitrogens is 3. The lowest BCUT2D eigenvalue weighted by atomic mass is 9.83. The van der Waals surface area contributed by atoms with Gasteiger partial charge in [-0.15, -0.1) is 5.10 Å². The van der Waals surface area contributed by atoms with Gasteiger partial charge < -0.3 is 36.0 Å². The van der Waals surface area contributed by atoms with Crippen LogP contribution in [0.5, 0.6) is 0 Å². The summed E-state index contributed by atoms with van der Waals surface area (Å²) in [5.74, 6) is 0. The van der Waals surface area contributed by atoms with E-state index in [4.69, 9.17) is 0 Å². The maximum atomic E-state index is 9.95. The van der Waals surface area contributed by atoms with Crippen LogP contribution in [0.2, 0.25) is 0 Å². The third kappa shape index (κ3) is 4.09. The molecule has 2 rings (SSSR count). The van der Waals surface area contributed by atoms with Crippen molar-refractivity contribution in [2.45, 2.75) is 63.5 Å². The highest BCUT2D eigenvalue weighted by Gasteiger charge is 2.47. The second-order valence-electron chi connectivity index (χ2n) is 7.09. The topological polar surface area (TPSA) is 164 Å². The Labute approximate surface area is 139 Å². The van der Waals surface area contributed by atoms with Crippen molar-refractivity contribution >= 4 is 0 Å². The lowest BCUT2D eigenvalue weighted by Crippen LogP contribution is -2.67. The zero-order valence-electron chi connectivity index (χ0n) is 13.7. The molecular weight excluding hydrogens is 320 g/mol. The molecule has 10 heteroatoms. The number of aliphatic hydroxyl groups is 6. The Balaban J connectivity index is 1.97. The molecule has 6 atom stereocenters. The first-order valence-corrected chi connectivity index (χ1v) is 7.80. The first kappa shape index (κ1) is 19.2. The van der Waals surface area contributed by atoms with Crippen LogP contribution in [-0.4, -0.2) is 88.8 Å². The Morgan fingerprint density at radius 3 is 2.12 bits per heavy atom. The van der Waals surface area contributed by atoms with Gasteiger partial charge in [0, 0.05) is 31.3 Å². The minimum Gasteiger partial charge on any atom is -0.396 e. The van der Waals surface area contributed by atoms with Gasteiger partial charge in [0.1, 0.15) is 30.5 Å². The van der Waals surface area contributed by atoms with Gasteiger partial charge >= 0.3 is 0 Å². The van der Waals surface area contributed by atoms with E-state index in [1.165, 1.54) is 0 Å². The Bertz CT molecular complexity index is 523. The van der Waals surface area contributed by atoms with Crippen LogP contribution in [0.1, 0.15) is 19.5 Å². The van der Waals surface area contributed by atoms with E-state index in [0.717, 1.165) is 0 Å². The molecular formula is C14H26N4O6. The summed E-state index contributed by atoms with van der Waals surface area (Å²) in [5, 5.41) is 68.8. The zero-order chi connectivity index (χ0) is 18.1. The molecule has 0 spiro atoms. The molecule has 0 amide bonds. The van der Waals surface area contributed by atoms with Crippen molar-refractivity contribution < 1.29 is 30.6 Å². The van der Waals surface area contributed by atoms with E-state index < -0.39 is 36.6 Å². The van der Waals surface area contributed by atoms with Gasteiger partial charge in [-0.25, -0.2) is 0 Å². The summed E-state index contributed by atoms with van der Waals surface area (Å²) in [5.41, 5.74) is 0.177. The maximum absolute atomic E-state index is 9.95. The van der Waals surface area contributed by atoms with Crippen LogP contribution < -0.4 is 5.32 Å². The molecule has 0 saturated heterocycles. The van der Waals surface area contributed by atoms with Crippen LogP contribution in [0.15, 0.2) is 6.20 Å². The SMILES string of the molecule is CC(C)(CO)Cn1cc(CNC2[C@@H](O)[C@H](O)C(O)[C@H](O)[C@H]2O)nn1. The van der Waals surface area contributed by atoms with Gasteiger partial charge in [-0.2, -0.15) is 0 Å². The van der Waals surface area contributed by atoms with Crippen LogP contribution in [0.25, 0.3) is 0 Å². The van der Waals surface area contributed by atoms with Crippen molar-refractivity contribution in [3.8, 4) is 0 Å². The molecule has 138 valence electrons. The van der Waals surface area contributed by atoms with Gasteiger partial charge in [0.25, 0.3) is 0 Å². The summed E-state index contributed by atoms with van der Waals surface area (Å²) in [6.45, 7) is 4.37. The molecule has 0 aliphatic heterocycles. The predicted octanol–water partition coefficient (Wildman–Crippen LogP) is -3.43. The summed E-state index contributed by atoms with van der Waals surface area (Å²) in [6, 6.07) is -1.03. The van der Waals surface area contributed by atoms with E-state index in [2.05, 4.69) is 15.6 Å². The fraction of sp³-hybridized carbons (Fsp3) is 0.857. The maximum Gasteiger partial charge on any atom is 0.111 e. The lowest BCUT2D eigenvalue weighted by Gasteiger charge is -2.42. The monoisotopic (exact) mass is 346 g/mol. The van der Waals surface area contributed by atoms with Crippen LogP contribution in [0, 0.1) is 5.41 Å². The Morgan fingerprint density at radius 2 is 1.58 bits per heavy atom. The number of hydrogen-bond donors (Lipinski definition) is 7. The molecule has 1 saturated carbocycles. The van der Waals surface area contributed by atoms with E-state index in [9.17, 15) is 30.6 Å². The summed E-state index contributed by atoms with van der Waals surface area (Å²) in [4.78, 5) is 0. The number of nitrogens with zero attached hydrogens (tertiary/aromatic N) is 3. The highest BCUT2D eigenvalue weighted by Crippen LogP contribution is 2.22. The molecule has 0 aromatic carbocycles. The predicted molar refractivity (Wildman–Crippen MR) is 81.6 cm³/mol. The zero-order valence-corrected chi connectivity index (χ0v) is 13.7. The van der Waals surface area contributed by atoms with E-state index in [0.29, 0.717) is 12.2 Å². The summed E-state index contributed by atoms with van der Waals surface area (Å²) >= 11 is 0. The van der Waals surface area contributed by atoms with Crippen molar-refractivity contribution in [3.63, 3.8) is 0 Å². The fourth-order valence-electron chi connectivity index (χ4n) is 2.68. The van der Waals surface area contributed by atoms with Gasteiger partial charge in [0.2, 0.25) is 0 Å². The minimum absolute atomic E-state index is 0.000987. The second-order valence-corrected chi connectivity index (χ2v) is 7.09. The molecule has 1 aromatic rings. The Morgan fingerprint density at radius 1 is 1.04 bits per heavy atom. The summed E-state index contributed by atoms with van der Waals surface area (Å²) < 4.78 is 1.58. The van der Waals surface area contributed by atoms with Crippen LogP contribution >= 0.6 is 0 Å². The van der Waals surface area contributed by atoms with Crippen LogP contribution in [0.4, 0.5) is 0 Å². The van der Waals surface area contributed by atoms with Gasteiger partial charge in [-0.05, 0) is 0 Å². The molecule has 1 fully saturated rings. The van der Waals surface area contributed by atoms with Crippen LogP contribution in [-0.2, 0) is 13.1 Å². The average molecular weight is 346 g/mol. The number of aliphatic hydroxyl groups excluding tert-OH is 6. The van der Waals surface area contributed by atoms with Crippen molar-refractivity contribution in [1.29, 1.82) is 0 Å². The summed E-state index contributed by atoms with van der Waals surface area (Å²) in [6.07, 6.45) is -5.98. The average Bonchev–Trinajstić information content (AvgIpc) is 2.97. The number of nitrogens with one attached hydrogen (secondary N) is 1. The largest absolute Gasteiger partial charge is 0.396 e. The normalized spacial score (nSPS) is 34.5. The van der Waals surface area contributed by atoms with Gasteiger partial charge in [0.15, 0.2) is 0 Å². The van der Waals surface area contributed by atoms with Crippen molar-refractivity contribution in [1.82, 2.24) is 20.3 Å². The lowest BCUT2D eigenvalue weighted by molar-refractivity contribution is -0.190. The number of hydrogen-bond acceptors (Lipinski definition) is 9. The van der Waals surface area contributed by atoms with Crippen molar-refractivity contribution in [2.75, 3.05) is 6.61 Å². The molecule has 2 unspecified atom stereocenters. The molecule has 7 N–H and O–H groups in total. The molecule has 1 aromatic heterocycles. The summed E-state index contributed by atoms with van der Waals surface area (Å²) in [7, 11) is 0. The Hall–Kier alpha value is -1.14. The van der Waals surface area contributed by atoms with E-state index in [1.54, 1.807) is 10.9 Å². The quantitative estimate of drug-likeness (QED) is 0.278. The smallest absolute Gasteiger partial charge is 0.111 e. The van der Waals surface area contributed by atoms with Gasteiger partial charge in [-0.3, -0.25) is 4.68 Å². The first-order chi connectivity index (χ1) is 11.2. The molecule has 24 heavy (non-hydrogen) atoms. The molecule has 1 heterocycles. The standard InChI is InChI=1S/C14H26N4O6/c1-14(2,6-19)5-18-4-7(16-17-18)3-15-8-9(20)11(22)13(24)12(23)10(8)21/h4,8-13,15,19-24H,3,5-6H2,1-2H3/t8?,9-,10+,11+,12-,13?. The fourth-order valence-corrected chi connectivity index (χ4v) is 2.68. The van der Waals surface area contributed by atoms with Gasteiger partial charge in [-0.1, -0.05) is 19.1 Å². The molecule has 0 radical (unpaired) electrons. The second kappa shape index (κ2) is 7.40. The number of rotatable bonds is 6. The highest BCUT2D eigenvalue weighted by atomic mass is 16.4. The molecule has 1 aliphatic rings. The van der Waals surface area contributed by atoms with Gasteiger partial charge in [0.05, 0.1) is 11.7 Å². The van der Waals surface area contributed by atoms with Crippen molar-refractivity contribution in [2.24, 2.45) is 5.41 Å². The molecule has 0 bridgehead atoms. The van der Waals surface area contributed by atoms with E-state index in [1.807, 2.05) is 13.8 Å². The van der Waals surface area contributed by atoms with Crippen molar-refractivity contribution in [3.05, 3.63) is 11.9 Å². The first-order valence-electron chi connectivity index (χ1n) is 7.80. The molecule has 10 nitrogen and oxygen atoms in total. The van der Waals surface area contributed by atoms with Crippen LogP contribution in [0.3, 0.4) is 0 Å². The molecule has 1 aliphatic carbocycles. The Kier molecular flexibility index (Phi) is 5.91. The third-order valence-corrected chi connectivity index (χ3v) is 4.26. The minimum atomic E-state index is -1.62.